The van der Waals surface area contributed by atoms with E-state index in [0.717, 1.165) is 24.0 Å². The van der Waals surface area contributed by atoms with Gasteiger partial charge in [0, 0.05) is 44.9 Å². The number of hydrogen-bond acceptors (Lipinski definition) is 5. The average molecular weight is 578 g/mol. The van der Waals surface area contributed by atoms with Gasteiger partial charge in [-0.25, -0.2) is 4.39 Å². The molecule has 1 heterocycles. The third-order valence-corrected chi connectivity index (χ3v) is 7.25. The molecule has 2 N–H and O–H groups in total. The molecule has 1 aliphatic rings. The lowest BCUT2D eigenvalue weighted by Gasteiger charge is -2.28. The number of amides is 3. The lowest BCUT2D eigenvalue weighted by Crippen LogP contribution is -2.35. The summed E-state index contributed by atoms with van der Waals surface area (Å²) in [7, 11) is 4.76. The molecule has 9 nitrogen and oxygen atoms in total. The molecule has 0 unspecified atom stereocenters. The van der Waals surface area contributed by atoms with Gasteiger partial charge < -0.3 is 15.5 Å². The van der Waals surface area contributed by atoms with Crippen molar-refractivity contribution in [3.63, 3.8) is 0 Å². The summed E-state index contributed by atoms with van der Waals surface area (Å²) in [5.74, 6) is -0.975. The fraction of sp³-hybridized carbons (Fsp3) is 0.375. The number of carbonyl (C=O) groups excluding carboxylic acids is 3. The van der Waals surface area contributed by atoms with Crippen LogP contribution in [0.1, 0.15) is 60.2 Å². The number of benzene rings is 2. The van der Waals surface area contributed by atoms with Crippen LogP contribution in [0, 0.1) is 19.7 Å². The Hall–Kier alpha value is -4.47. The molecule has 0 radical (unpaired) electrons. The van der Waals surface area contributed by atoms with Gasteiger partial charge in [-0.1, -0.05) is 32.0 Å². The maximum Gasteiger partial charge on any atom is 0.259 e. The largest absolute Gasteiger partial charge is 0.359 e. The first-order valence-electron chi connectivity index (χ1n) is 14.1. The normalized spacial score (nSPS) is 12.1. The zero-order valence-electron chi connectivity index (χ0n) is 25.4. The molecule has 0 saturated heterocycles. The van der Waals surface area contributed by atoms with E-state index in [2.05, 4.69) is 10.6 Å². The van der Waals surface area contributed by atoms with Crippen molar-refractivity contribution in [1.82, 2.24) is 14.8 Å². The lowest BCUT2D eigenvalue weighted by molar-refractivity contribution is -0.120. The molecule has 1 aliphatic carbocycles. The monoisotopic (exact) mass is 577 g/mol. The predicted molar refractivity (Wildman–Crippen MR) is 164 cm³/mol. The van der Waals surface area contributed by atoms with E-state index in [-0.39, 0.29) is 46.7 Å². The number of carbonyl (C=O) groups is 3. The summed E-state index contributed by atoms with van der Waals surface area (Å²) in [6.45, 7) is 7.32. The van der Waals surface area contributed by atoms with Crippen LogP contribution in [0.3, 0.4) is 0 Å². The van der Waals surface area contributed by atoms with Gasteiger partial charge in [-0.3, -0.25) is 28.6 Å². The van der Waals surface area contributed by atoms with Gasteiger partial charge in [0.2, 0.25) is 12.3 Å². The van der Waals surface area contributed by atoms with E-state index in [4.69, 9.17) is 0 Å². The molecular weight excluding hydrogens is 537 g/mol. The third kappa shape index (κ3) is 6.87. The van der Waals surface area contributed by atoms with Gasteiger partial charge in [0.15, 0.2) is 0 Å². The molecule has 3 amide bonds. The number of anilines is 4. The smallest absolute Gasteiger partial charge is 0.259 e. The van der Waals surface area contributed by atoms with Crippen LogP contribution >= 0.6 is 0 Å². The Morgan fingerprint density at radius 3 is 2.40 bits per heavy atom. The molecule has 2 aromatic carbocycles. The fourth-order valence-electron chi connectivity index (χ4n) is 4.71. The minimum Gasteiger partial charge on any atom is -0.359 e. The highest BCUT2D eigenvalue weighted by atomic mass is 19.1. The summed E-state index contributed by atoms with van der Waals surface area (Å²) in [5, 5.41) is 5.56. The molecule has 0 spiro atoms. The minimum atomic E-state index is -0.542. The van der Waals surface area contributed by atoms with Crippen molar-refractivity contribution in [3.8, 4) is 0 Å². The van der Waals surface area contributed by atoms with Crippen LogP contribution in [0.25, 0.3) is 0 Å². The fourth-order valence-corrected chi connectivity index (χ4v) is 4.71. The predicted octanol–water partition coefficient (Wildman–Crippen LogP) is 5.12. The van der Waals surface area contributed by atoms with Crippen molar-refractivity contribution in [2.45, 2.75) is 59.4 Å². The Balaban J connectivity index is 0.00000237. The molecule has 1 saturated carbocycles. The summed E-state index contributed by atoms with van der Waals surface area (Å²) < 4.78 is 16.2. The van der Waals surface area contributed by atoms with Crippen LogP contribution < -0.4 is 21.1 Å². The van der Waals surface area contributed by atoms with Crippen LogP contribution in [0.15, 0.2) is 47.3 Å². The molecule has 224 valence electrons. The summed E-state index contributed by atoms with van der Waals surface area (Å²) >= 11 is 0. The Morgan fingerprint density at radius 2 is 1.81 bits per heavy atom. The van der Waals surface area contributed by atoms with Crippen LogP contribution in [0.4, 0.5) is 27.3 Å². The van der Waals surface area contributed by atoms with E-state index < -0.39 is 17.3 Å². The van der Waals surface area contributed by atoms with E-state index in [9.17, 15) is 23.6 Å². The van der Waals surface area contributed by atoms with Crippen LogP contribution in [-0.2, 0) is 23.1 Å². The highest BCUT2D eigenvalue weighted by molar-refractivity contribution is 6.09. The molecule has 1 aromatic heterocycles. The minimum absolute atomic E-state index is 0.0413. The summed E-state index contributed by atoms with van der Waals surface area (Å²) in [4.78, 5) is 54.8. The molecule has 1 fully saturated rings. The number of aryl methyl sites for hydroxylation is 2. The van der Waals surface area contributed by atoms with E-state index >= 15 is 0 Å². The Kier molecular flexibility index (Phi) is 10.6. The number of halogens is 1. The second kappa shape index (κ2) is 13.9. The van der Waals surface area contributed by atoms with Crippen molar-refractivity contribution < 1.29 is 18.8 Å². The van der Waals surface area contributed by atoms with Gasteiger partial charge in [-0.15, -0.1) is 0 Å². The van der Waals surface area contributed by atoms with Crippen molar-refractivity contribution in [2.75, 3.05) is 24.3 Å². The van der Waals surface area contributed by atoms with Crippen LogP contribution in [0.5, 0.6) is 0 Å². The van der Waals surface area contributed by atoms with Gasteiger partial charge in [0.05, 0.1) is 11.4 Å². The second-order valence-electron chi connectivity index (χ2n) is 10.1. The van der Waals surface area contributed by atoms with Crippen LogP contribution in [0.2, 0.25) is 0 Å². The molecular formula is C32H40FN5O4. The van der Waals surface area contributed by atoms with Gasteiger partial charge in [0.1, 0.15) is 17.2 Å². The zero-order chi connectivity index (χ0) is 31.1. The Bertz CT molecular complexity index is 1530. The quantitative estimate of drug-likeness (QED) is 0.326. The number of nitrogens with zero attached hydrogens (tertiary/aromatic N) is 3. The summed E-state index contributed by atoms with van der Waals surface area (Å²) in [6.07, 6.45) is 2.96. The van der Waals surface area contributed by atoms with E-state index in [1.54, 1.807) is 63.2 Å². The topological polar surface area (TPSA) is 104 Å². The van der Waals surface area contributed by atoms with Gasteiger partial charge in [-0.05, 0) is 68.5 Å². The molecule has 4 rings (SSSR count). The number of hydrogen-bond donors (Lipinski definition) is 2. The Labute approximate surface area is 246 Å². The molecule has 10 heteroatoms. The van der Waals surface area contributed by atoms with E-state index in [1.807, 2.05) is 19.9 Å². The highest BCUT2D eigenvalue weighted by Gasteiger charge is 2.35. The zero-order valence-corrected chi connectivity index (χ0v) is 25.4. The number of rotatable bonds is 10. The number of aromatic nitrogens is 1. The van der Waals surface area contributed by atoms with E-state index in [0.29, 0.717) is 18.5 Å². The first kappa shape index (κ1) is 32.0. The van der Waals surface area contributed by atoms with Crippen molar-refractivity contribution in [2.24, 2.45) is 7.05 Å². The highest BCUT2D eigenvalue weighted by Crippen LogP contribution is 2.38. The van der Waals surface area contributed by atoms with Crippen molar-refractivity contribution >= 4 is 41.1 Å². The maximum atomic E-state index is 14.9. The molecule has 0 bridgehead atoms. The van der Waals surface area contributed by atoms with Gasteiger partial charge >= 0.3 is 0 Å². The lowest BCUT2D eigenvalue weighted by atomic mass is 10.0. The van der Waals surface area contributed by atoms with Crippen molar-refractivity contribution in [1.29, 1.82) is 0 Å². The Morgan fingerprint density at radius 1 is 1.12 bits per heavy atom. The van der Waals surface area contributed by atoms with Crippen molar-refractivity contribution in [3.05, 3.63) is 80.9 Å². The number of nitrogens with one attached hydrogen (secondary N) is 2. The average Bonchev–Trinajstić information content (AvgIpc) is 3.85. The second-order valence-corrected chi connectivity index (χ2v) is 10.1. The third-order valence-electron chi connectivity index (χ3n) is 7.25. The number of pyridine rings is 1. The first-order valence-corrected chi connectivity index (χ1v) is 14.1. The standard InChI is InChI=1S/C30H34FN5O4.C2H6/c1-18-9-13-24(23(31)15-18)33-28-26(30(40)34(4)21-11-12-21)27(19(2)29(39)35(28)5)36(17-37)22-8-6-7-20(16-22)10-14-25(38)32-3;1-2/h6-9,13,15-17,21,33H,10-12,14H2,1-5H3,(H,32,38);1-2H3. The molecule has 0 aliphatic heterocycles. The maximum absolute atomic E-state index is 14.9. The molecule has 3 aromatic rings. The SMILES string of the molecule is CC.CNC(=O)CCc1cccc(N(C=O)c2c(C(=O)N(C)C3CC3)c(Nc3ccc(C)cc3F)n(C)c(=O)c2C)c1. The molecule has 0 atom stereocenters. The summed E-state index contributed by atoms with van der Waals surface area (Å²) in [6, 6.07) is 11.7. The van der Waals surface area contributed by atoms with Gasteiger partial charge in [0.25, 0.3) is 11.5 Å². The first-order chi connectivity index (χ1) is 20.1. The summed E-state index contributed by atoms with van der Waals surface area (Å²) in [5.41, 5.74) is 1.98. The van der Waals surface area contributed by atoms with E-state index in [1.165, 1.54) is 22.6 Å². The molecule has 42 heavy (non-hydrogen) atoms. The van der Waals surface area contributed by atoms with Gasteiger partial charge in [-0.2, -0.15) is 0 Å². The van der Waals surface area contributed by atoms with Crippen LogP contribution in [-0.4, -0.2) is 47.8 Å².